The third-order valence-corrected chi connectivity index (χ3v) is 13.3. The number of aliphatic hydroxyl groups is 1. The van der Waals surface area contributed by atoms with Crippen molar-refractivity contribution in [3.63, 3.8) is 0 Å². The molecule has 4 aromatic rings. The Bertz CT molecular complexity index is 3060. The topological polar surface area (TPSA) is 467 Å². The first kappa shape index (κ1) is 68.7. The number of H-pyrrole nitrogens is 1. The number of urea groups is 1. The summed E-state index contributed by atoms with van der Waals surface area (Å²) in [7, 11) is 1.48. The van der Waals surface area contributed by atoms with Crippen molar-refractivity contribution in [1.82, 2.24) is 63.7 Å². The zero-order valence-corrected chi connectivity index (χ0v) is 49.0. The molecule has 0 spiro atoms. The van der Waals surface area contributed by atoms with Gasteiger partial charge >= 0.3 is 6.03 Å². The molecule has 0 bridgehead atoms. The molecule has 3 aromatic carbocycles. The van der Waals surface area contributed by atoms with E-state index in [1.807, 2.05) is 24.3 Å². The zero-order valence-electron chi connectivity index (χ0n) is 49.0. The molecule has 0 saturated heterocycles. The minimum Gasteiger partial charge on any atom is -0.508 e. The lowest BCUT2D eigenvalue weighted by Gasteiger charge is -2.30. The number of primary amides is 2. The maximum Gasteiger partial charge on any atom is 0.334 e. The Hall–Kier alpha value is -9.80. The number of carbonyl (C=O) groups is 11. The van der Waals surface area contributed by atoms with E-state index in [1.165, 1.54) is 52.1 Å². The number of rotatable bonds is 31. The number of para-hydroxylation sites is 1. The van der Waals surface area contributed by atoms with E-state index in [-0.39, 0.29) is 62.7 Å². The molecule has 466 valence electrons. The Morgan fingerprint density at radius 3 is 1.80 bits per heavy atom. The number of hydrazine groups is 1. The highest BCUT2D eigenvalue weighted by atomic mass is 16.3. The van der Waals surface area contributed by atoms with Gasteiger partial charge in [-0.15, -0.1) is 0 Å². The van der Waals surface area contributed by atoms with E-state index in [4.69, 9.17) is 17.2 Å². The third-order valence-electron chi connectivity index (χ3n) is 13.3. The van der Waals surface area contributed by atoms with Gasteiger partial charge in [-0.2, -0.15) is 0 Å². The van der Waals surface area contributed by atoms with E-state index in [1.54, 1.807) is 50.4 Å². The van der Waals surface area contributed by atoms with Crippen LogP contribution in [0.25, 0.3) is 10.9 Å². The van der Waals surface area contributed by atoms with Crippen molar-refractivity contribution in [3.8, 4) is 5.75 Å². The van der Waals surface area contributed by atoms with Crippen molar-refractivity contribution in [2.45, 2.75) is 140 Å². The minimum atomic E-state index is -1.87. The van der Waals surface area contributed by atoms with Crippen LogP contribution in [0.5, 0.6) is 5.75 Å². The monoisotopic (exact) mass is 1200 g/mol. The molecular weight excluding hydrogens is 1120 g/mol. The molecule has 29 nitrogen and oxygen atoms in total. The Morgan fingerprint density at radius 2 is 1.20 bits per heavy atom. The normalized spacial score (nSPS) is 14.2. The van der Waals surface area contributed by atoms with Gasteiger partial charge in [-0.25, -0.2) is 10.2 Å². The number of nitrogens with zero attached hydrogens (tertiary/aromatic N) is 1. The standard InChI is InChI=1S/C57H80N16O13/c1-30(2)24-41(49(80)65-39(18-13-23-62-55(60)61-7)48(79)66-40(47(59)78)27-35-29-63-38-17-12-11-16-37(35)38)69-56(86)73-72-52(83)43(25-33-14-9-8-10-15-33)67-53(84)46(31(3)74)70-50(81)44(28-45(58)77)68-54(85)57(5,6)71-51(82)42(64-32(4)75)26-34-19-21-36(76)22-20-34/h8-12,14-17,19-22,29-31,39-44,46,63,74,76H,13,18,23-28H2,1-7H3,(H2,58,77)(H2,59,78)(H,64,75)(H,65,80)(H,66,79)(H,67,84)(H,68,85)(H,70,81)(H,71,82)(H,72,83)(H3,60,61,62)(H2,69,73,86)/t31-,39+,40+,41+,42-,43+,44+,46+/m1/s1. The molecule has 0 radical (unpaired) electrons. The van der Waals surface area contributed by atoms with Crippen LogP contribution < -0.4 is 75.9 Å². The Balaban J connectivity index is 1.48. The molecule has 29 heteroatoms. The number of hydrogen-bond acceptors (Lipinski definition) is 14. The van der Waals surface area contributed by atoms with Crippen molar-refractivity contribution >= 4 is 82.0 Å². The fourth-order valence-electron chi connectivity index (χ4n) is 8.76. The van der Waals surface area contributed by atoms with Crippen LogP contribution in [0.15, 0.2) is 90.1 Å². The number of aliphatic hydroxyl groups excluding tert-OH is 1. The Labute approximate surface area is 496 Å². The first-order valence-electron chi connectivity index (χ1n) is 27.6. The van der Waals surface area contributed by atoms with Gasteiger partial charge in [0.05, 0.1) is 12.5 Å². The number of aromatic hydroxyl groups is 1. The number of phenols is 1. The number of amides is 12. The van der Waals surface area contributed by atoms with Crippen LogP contribution in [0.2, 0.25) is 0 Å². The van der Waals surface area contributed by atoms with Crippen molar-refractivity contribution in [3.05, 3.63) is 102 Å². The molecule has 1 aromatic heterocycles. The van der Waals surface area contributed by atoms with Crippen LogP contribution in [0, 0.1) is 5.92 Å². The van der Waals surface area contributed by atoms with Crippen molar-refractivity contribution < 1.29 is 63.0 Å². The van der Waals surface area contributed by atoms with Crippen LogP contribution in [0.3, 0.4) is 0 Å². The summed E-state index contributed by atoms with van der Waals surface area (Å²) in [4.78, 5) is 155. The van der Waals surface area contributed by atoms with E-state index in [2.05, 4.69) is 68.7 Å². The molecule has 86 heavy (non-hydrogen) atoms. The minimum absolute atomic E-state index is 0.0171. The van der Waals surface area contributed by atoms with Gasteiger partial charge in [0, 0.05) is 56.9 Å². The predicted octanol–water partition coefficient (Wildman–Crippen LogP) is -2.47. The lowest BCUT2D eigenvalue weighted by molar-refractivity contribution is -0.138. The smallest absolute Gasteiger partial charge is 0.334 e. The molecule has 1 heterocycles. The number of aromatic nitrogens is 1. The molecular formula is C57H80N16O13. The third kappa shape index (κ3) is 22.4. The molecule has 0 aliphatic carbocycles. The summed E-state index contributed by atoms with van der Waals surface area (Å²) in [6.45, 7) is 8.64. The number of benzene rings is 3. The molecule has 0 saturated carbocycles. The number of aliphatic imine (C=N–C) groups is 1. The number of hydrogen-bond donors (Lipinski definition) is 17. The predicted molar refractivity (Wildman–Crippen MR) is 316 cm³/mol. The lowest BCUT2D eigenvalue weighted by Crippen LogP contribution is -2.64. The highest BCUT2D eigenvalue weighted by Crippen LogP contribution is 2.20. The summed E-state index contributed by atoms with van der Waals surface area (Å²) >= 11 is 0. The fraction of sp³-hybridized carbons (Fsp3) is 0.439. The lowest BCUT2D eigenvalue weighted by atomic mass is 9.99. The molecule has 0 aliphatic rings. The molecule has 20 N–H and O–H groups in total. The van der Waals surface area contributed by atoms with E-state index < -0.39 is 125 Å². The van der Waals surface area contributed by atoms with Gasteiger partial charge in [-0.1, -0.05) is 74.5 Å². The quantitative estimate of drug-likeness (QED) is 0.0107. The number of phenolic OH excluding ortho intramolecular Hbond substituents is 1. The second kappa shape index (κ2) is 32.9. The first-order chi connectivity index (χ1) is 40.6. The summed E-state index contributed by atoms with van der Waals surface area (Å²) in [5.74, 6) is -9.36. The molecule has 0 unspecified atom stereocenters. The van der Waals surface area contributed by atoms with Crippen molar-refractivity contribution in [2.75, 3.05) is 13.6 Å². The van der Waals surface area contributed by atoms with Gasteiger partial charge in [0.2, 0.25) is 53.2 Å². The van der Waals surface area contributed by atoms with E-state index in [9.17, 15) is 63.0 Å². The summed E-state index contributed by atoms with van der Waals surface area (Å²) in [5, 5.41) is 44.2. The molecule has 0 fully saturated rings. The SMILES string of the molecule is CN=C(N)NCCC[C@H](NC(=O)[C@H](CC(C)C)NC(=O)NNC(=O)[C@H](Cc1ccccc1)NC(=O)[C@@H](NC(=O)[C@H](CC(N)=O)NC(=O)C(C)(C)NC(=O)[C@@H](Cc1ccc(O)cc1)NC(C)=O)[C@@H](C)O)C(=O)N[C@@H](Cc1c[nH]c2ccccc12)C(N)=O. The number of guanidine groups is 1. The van der Waals surface area contributed by atoms with Gasteiger partial charge in [0.25, 0.3) is 5.91 Å². The summed E-state index contributed by atoms with van der Waals surface area (Å²) in [6.07, 6.45) is -0.771. The van der Waals surface area contributed by atoms with Crippen LogP contribution in [-0.4, -0.2) is 154 Å². The average molecular weight is 1200 g/mol. The van der Waals surface area contributed by atoms with E-state index >= 15 is 0 Å². The molecule has 8 atom stereocenters. The molecule has 4 rings (SSSR count). The number of nitrogens with one attached hydrogen (secondary N) is 12. The number of nitrogens with two attached hydrogens (primary N) is 3. The number of carbonyl (C=O) groups excluding carboxylic acids is 11. The molecule has 12 amide bonds. The molecule has 0 aliphatic heterocycles. The van der Waals surface area contributed by atoms with Crippen LogP contribution in [0.4, 0.5) is 4.79 Å². The van der Waals surface area contributed by atoms with Gasteiger partial charge in [0.15, 0.2) is 5.96 Å². The number of aromatic amines is 1. The van der Waals surface area contributed by atoms with Crippen molar-refractivity contribution in [1.29, 1.82) is 0 Å². The number of fused-ring (bicyclic) bond motifs is 1. The fourth-order valence-corrected chi connectivity index (χ4v) is 8.76. The highest BCUT2D eigenvalue weighted by Gasteiger charge is 2.38. The van der Waals surface area contributed by atoms with Gasteiger partial charge in [-0.05, 0) is 80.8 Å². The maximum absolute atomic E-state index is 14.1. The first-order valence-corrected chi connectivity index (χ1v) is 27.6. The van der Waals surface area contributed by atoms with Crippen LogP contribution in [0.1, 0.15) is 83.9 Å². The maximum atomic E-state index is 14.1. The van der Waals surface area contributed by atoms with Gasteiger partial charge < -0.3 is 80.2 Å². The largest absolute Gasteiger partial charge is 0.508 e. The zero-order chi connectivity index (χ0) is 63.8. The van der Waals surface area contributed by atoms with E-state index in [0.717, 1.165) is 17.8 Å². The average Bonchev–Trinajstić information content (AvgIpc) is 2.75. The van der Waals surface area contributed by atoms with Gasteiger partial charge in [-0.3, -0.25) is 58.4 Å². The summed E-state index contributed by atoms with van der Waals surface area (Å²) < 4.78 is 0. The van der Waals surface area contributed by atoms with Gasteiger partial charge in [0.1, 0.15) is 53.6 Å². The second-order valence-corrected chi connectivity index (χ2v) is 21.4. The summed E-state index contributed by atoms with van der Waals surface area (Å²) in [6, 6.07) is 10.1. The Morgan fingerprint density at radius 1 is 0.616 bits per heavy atom. The second-order valence-electron chi connectivity index (χ2n) is 21.4. The van der Waals surface area contributed by atoms with Crippen molar-refractivity contribution in [2.24, 2.45) is 28.1 Å². The van der Waals surface area contributed by atoms with Crippen LogP contribution >= 0.6 is 0 Å². The van der Waals surface area contributed by atoms with E-state index in [0.29, 0.717) is 16.7 Å². The summed E-state index contributed by atoms with van der Waals surface area (Å²) in [5.41, 5.74) is 22.1. The highest BCUT2D eigenvalue weighted by molar-refractivity contribution is 6.00. The Kier molecular flexibility index (Phi) is 26.3. The van der Waals surface area contributed by atoms with Crippen LogP contribution in [-0.2, 0) is 67.2 Å².